The number of aliphatic hydroxyl groups excluding tert-OH is 1. The van der Waals surface area contributed by atoms with E-state index in [1.54, 1.807) is 0 Å². The largest absolute Gasteiger partial charge is 0.462 e. The van der Waals surface area contributed by atoms with E-state index >= 15 is 0 Å². The van der Waals surface area contributed by atoms with Gasteiger partial charge in [-0.25, -0.2) is 23.1 Å². The number of benzene rings is 1. The van der Waals surface area contributed by atoms with Crippen molar-refractivity contribution in [1.29, 1.82) is 0 Å². The predicted molar refractivity (Wildman–Crippen MR) is 106 cm³/mol. The van der Waals surface area contributed by atoms with E-state index in [0.29, 0.717) is 12.8 Å². The number of nitrogens with one attached hydrogen (secondary N) is 1. The Morgan fingerprint density at radius 3 is 2.81 bits per heavy atom. The molecule has 0 spiro atoms. The number of anilines is 1. The fourth-order valence-corrected chi connectivity index (χ4v) is 4.24. The summed E-state index contributed by atoms with van der Waals surface area (Å²) in [5.41, 5.74) is 3.15. The third kappa shape index (κ3) is 3.59. The first kappa shape index (κ1) is 21.4. The Morgan fingerprint density at radius 2 is 2.16 bits per heavy atom. The molecule has 3 unspecified atom stereocenters. The molecular weight excluding hydrogens is 437 g/mol. The van der Waals surface area contributed by atoms with Crippen molar-refractivity contribution in [3.8, 4) is 0 Å². The van der Waals surface area contributed by atoms with Gasteiger partial charge in [0, 0.05) is 28.9 Å². The van der Waals surface area contributed by atoms with Crippen LogP contribution in [-0.2, 0) is 16.9 Å². The van der Waals surface area contributed by atoms with Gasteiger partial charge >= 0.3 is 0 Å². The number of aromatic nitrogens is 1. The molecule has 1 saturated carbocycles. The number of amidine groups is 1. The smallest absolute Gasteiger partial charge is 0.283 e. The van der Waals surface area contributed by atoms with Crippen molar-refractivity contribution in [3.05, 3.63) is 58.1 Å². The van der Waals surface area contributed by atoms with Gasteiger partial charge in [-0.2, -0.15) is 0 Å². The van der Waals surface area contributed by atoms with Crippen LogP contribution in [0.1, 0.15) is 34.5 Å². The lowest BCUT2D eigenvalue weighted by atomic mass is 9.65. The number of pyridine rings is 1. The van der Waals surface area contributed by atoms with Crippen molar-refractivity contribution in [2.75, 3.05) is 5.32 Å². The number of alkyl halides is 2. The van der Waals surface area contributed by atoms with E-state index in [4.69, 9.17) is 22.1 Å². The molecule has 7 nitrogen and oxygen atoms in total. The van der Waals surface area contributed by atoms with E-state index in [9.17, 15) is 23.1 Å². The molecule has 164 valence electrons. The number of nitrogens with two attached hydrogens (primary N) is 1. The van der Waals surface area contributed by atoms with Gasteiger partial charge in [0.15, 0.2) is 5.54 Å². The Balaban J connectivity index is 1.72. The highest BCUT2D eigenvalue weighted by molar-refractivity contribution is 6.30. The molecular formula is C20H18ClF3N4O3. The Kier molecular flexibility index (Phi) is 5.52. The summed E-state index contributed by atoms with van der Waals surface area (Å²) in [4.78, 5) is 20.4. The van der Waals surface area contributed by atoms with Crippen LogP contribution in [0.15, 0.2) is 35.5 Å². The number of rotatable bonds is 5. The van der Waals surface area contributed by atoms with Gasteiger partial charge in [-0.15, -0.1) is 0 Å². The van der Waals surface area contributed by atoms with Gasteiger partial charge in [0.05, 0.1) is 11.6 Å². The maximum Gasteiger partial charge on any atom is 0.283 e. The van der Waals surface area contributed by atoms with Crippen LogP contribution in [-0.4, -0.2) is 34.5 Å². The molecule has 2 heterocycles. The van der Waals surface area contributed by atoms with Gasteiger partial charge in [0.25, 0.3) is 18.4 Å². The number of aliphatic imine (C=N–C) groups is 1. The van der Waals surface area contributed by atoms with E-state index < -0.39 is 48.3 Å². The Bertz CT molecular complexity index is 1070. The summed E-state index contributed by atoms with van der Waals surface area (Å²) in [7, 11) is 0. The molecule has 1 aromatic heterocycles. The van der Waals surface area contributed by atoms with E-state index in [1.807, 2.05) is 0 Å². The molecule has 4 rings (SSSR count). The molecule has 31 heavy (non-hydrogen) atoms. The zero-order chi connectivity index (χ0) is 22.3. The average molecular weight is 455 g/mol. The van der Waals surface area contributed by atoms with Crippen molar-refractivity contribution in [2.45, 2.75) is 37.5 Å². The van der Waals surface area contributed by atoms with E-state index in [2.05, 4.69) is 15.3 Å². The molecule has 0 radical (unpaired) electrons. The topological polar surface area (TPSA) is 110 Å². The maximum absolute atomic E-state index is 14.8. The van der Waals surface area contributed by atoms with Gasteiger partial charge in [0.2, 0.25) is 0 Å². The van der Waals surface area contributed by atoms with Crippen molar-refractivity contribution in [3.63, 3.8) is 0 Å². The molecule has 0 saturated heterocycles. The SMILES string of the molecule is NC1=NC(c2cc(NC(=O)c3ncc(Cl)cc3CO)ccc2F)(C(F)F)C2CCC2O1. The summed E-state index contributed by atoms with van der Waals surface area (Å²) in [5.74, 6) is -2.37. The van der Waals surface area contributed by atoms with Crippen molar-refractivity contribution in [1.82, 2.24) is 4.98 Å². The predicted octanol–water partition coefficient (Wildman–Crippen LogP) is 3.20. The highest BCUT2D eigenvalue weighted by atomic mass is 35.5. The third-order valence-electron chi connectivity index (χ3n) is 5.65. The Morgan fingerprint density at radius 1 is 1.39 bits per heavy atom. The zero-order valence-corrected chi connectivity index (χ0v) is 16.7. The number of ether oxygens (including phenoxy) is 1. The quantitative estimate of drug-likeness (QED) is 0.642. The third-order valence-corrected chi connectivity index (χ3v) is 5.86. The van der Waals surface area contributed by atoms with Crippen LogP contribution < -0.4 is 11.1 Å². The summed E-state index contributed by atoms with van der Waals surface area (Å²) < 4.78 is 48.8. The van der Waals surface area contributed by atoms with Crippen LogP contribution in [0.4, 0.5) is 18.9 Å². The van der Waals surface area contributed by atoms with E-state index in [-0.39, 0.29) is 27.5 Å². The average Bonchev–Trinajstić information content (AvgIpc) is 2.70. The van der Waals surface area contributed by atoms with Crippen LogP contribution in [0.3, 0.4) is 0 Å². The van der Waals surface area contributed by atoms with Crippen LogP contribution >= 0.6 is 11.6 Å². The number of hydrogen-bond donors (Lipinski definition) is 3. The molecule has 1 aromatic carbocycles. The van der Waals surface area contributed by atoms with Crippen LogP contribution in [0.25, 0.3) is 0 Å². The summed E-state index contributed by atoms with van der Waals surface area (Å²) in [6.45, 7) is -0.490. The molecule has 1 aliphatic heterocycles. The second-order valence-electron chi connectivity index (χ2n) is 7.38. The normalized spacial score (nSPS) is 24.6. The molecule has 2 aliphatic rings. The van der Waals surface area contributed by atoms with E-state index in [0.717, 1.165) is 12.1 Å². The standard InChI is InChI=1S/C20H18ClF3N4O3/c21-10-5-9(8-29)16(26-7-10)17(30)27-11-1-3-14(22)13(6-11)20(18(23)24)12-2-4-15(12)31-19(25)28-20/h1,3,5-7,12,15,18,29H,2,4,8H2,(H2,25,28)(H,27,30). The van der Waals surface area contributed by atoms with Gasteiger partial charge in [0.1, 0.15) is 17.6 Å². The fourth-order valence-electron chi connectivity index (χ4n) is 4.06. The second-order valence-corrected chi connectivity index (χ2v) is 7.82. The number of nitrogens with zero attached hydrogens (tertiary/aromatic N) is 2. The summed E-state index contributed by atoms with van der Waals surface area (Å²) >= 11 is 5.82. The first-order valence-corrected chi connectivity index (χ1v) is 9.81. The fraction of sp³-hybridized carbons (Fsp3) is 0.350. The molecule has 1 amide bonds. The van der Waals surface area contributed by atoms with Crippen LogP contribution in [0, 0.1) is 11.7 Å². The lowest BCUT2D eigenvalue weighted by Gasteiger charge is -2.50. The highest BCUT2D eigenvalue weighted by Crippen LogP contribution is 2.53. The molecule has 0 bridgehead atoms. The Labute approximate surface area is 180 Å². The summed E-state index contributed by atoms with van der Waals surface area (Å²) in [5, 5.41) is 12.2. The van der Waals surface area contributed by atoms with Crippen LogP contribution in [0.5, 0.6) is 0 Å². The number of amides is 1. The molecule has 2 aromatic rings. The first-order valence-electron chi connectivity index (χ1n) is 9.43. The monoisotopic (exact) mass is 454 g/mol. The van der Waals surface area contributed by atoms with Gasteiger partial charge in [-0.3, -0.25) is 4.79 Å². The minimum Gasteiger partial charge on any atom is -0.462 e. The molecule has 11 heteroatoms. The lowest BCUT2D eigenvalue weighted by Crippen LogP contribution is -2.57. The molecule has 4 N–H and O–H groups in total. The summed E-state index contributed by atoms with van der Waals surface area (Å²) in [6, 6.07) is 4.28. The number of halogens is 4. The zero-order valence-electron chi connectivity index (χ0n) is 16.0. The first-order chi connectivity index (χ1) is 14.8. The number of carbonyl (C=O) groups is 1. The highest BCUT2D eigenvalue weighted by Gasteiger charge is 2.59. The number of hydrogen-bond acceptors (Lipinski definition) is 6. The van der Waals surface area contributed by atoms with Gasteiger partial charge in [-0.05, 0) is 37.1 Å². The number of fused-ring (bicyclic) bond motifs is 1. The lowest BCUT2D eigenvalue weighted by molar-refractivity contribution is -0.0949. The molecule has 1 aliphatic carbocycles. The number of aliphatic hydroxyl groups is 1. The van der Waals surface area contributed by atoms with Crippen molar-refractivity contribution < 1.29 is 27.8 Å². The minimum atomic E-state index is -3.05. The van der Waals surface area contributed by atoms with Crippen LogP contribution in [0.2, 0.25) is 5.02 Å². The molecule has 3 atom stereocenters. The minimum absolute atomic E-state index is 0.0539. The van der Waals surface area contributed by atoms with Gasteiger partial charge < -0.3 is 20.9 Å². The second kappa shape index (κ2) is 8.01. The van der Waals surface area contributed by atoms with E-state index in [1.165, 1.54) is 18.3 Å². The van der Waals surface area contributed by atoms with Crippen molar-refractivity contribution >= 4 is 29.2 Å². The van der Waals surface area contributed by atoms with Gasteiger partial charge in [-0.1, -0.05) is 11.6 Å². The Hall–Kier alpha value is -2.85. The molecule has 1 fully saturated rings. The number of carbonyl (C=O) groups excluding carboxylic acids is 1. The summed E-state index contributed by atoms with van der Waals surface area (Å²) in [6.07, 6.45) is -1.51. The maximum atomic E-state index is 14.8. The van der Waals surface area contributed by atoms with Crippen molar-refractivity contribution in [2.24, 2.45) is 16.6 Å².